The van der Waals surface area contributed by atoms with E-state index in [1.165, 1.54) is 18.0 Å². The molecule has 9 heteroatoms. The van der Waals surface area contributed by atoms with Crippen molar-refractivity contribution in [1.29, 1.82) is 0 Å². The van der Waals surface area contributed by atoms with Crippen LogP contribution in [0.25, 0.3) is 0 Å². The maximum absolute atomic E-state index is 12.4. The fourth-order valence-corrected chi connectivity index (χ4v) is 2.62. The molecule has 1 amide bonds. The summed E-state index contributed by atoms with van der Waals surface area (Å²) >= 11 is 8.87. The number of hydrogen-bond donors (Lipinski definition) is 1. The number of ether oxygens (including phenoxy) is 1. The first-order valence-corrected chi connectivity index (χ1v) is 9.95. The van der Waals surface area contributed by atoms with Crippen LogP contribution in [0.3, 0.4) is 0 Å². The van der Waals surface area contributed by atoms with Crippen LogP contribution in [0.2, 0.25) is 5.02 Å². The molecule has 0 aliphatic carbocycles. The van der Waals surface area contributed by atoms with Gasteiger partial charge in [-0.15, -0.1) is 0 Å². The van der Waals surface area contributed by atoms with Gasteiger partial charge in [0, 0.05) is 0 Å². The van der Waals surface area contributed by atoms with Crippen LogP contribution in [-0.2, 0) is 9.53 Å². The van der Waals surface area contributed by atoms with Crippen LogP contribution in [0.4, 0.5) is 0 Å². The molecule has 128 valence electrons. The second-order valence-corrected chi connectivity index (χ2v) is 7.01. The topological polar surface area (TPSA) is 81.2 Å². The van der Waals surface area contributed by atoms with E-state index in [1.807, 2.05) is 6.26 Å². The molecule has 0 bridgehead atoms. The molecule has 1 rings (SSSR count). The number of nitrogens with zero attached hydrogens (tertiary/aromatic N) is 2. The summed E-state index contributed by atoms with van der Waals surface area (Å²) in [5, 5.41) is 3.23. The maximum atomic E-state index is 12.4. The molecular weight excluding hydrogens is 358 g/mol. The maximum Gasteiger partial charge on any atom is 0.328 e. The Labute approximate surface area is 149 Å². The lowest BCUT2D eigenvalue weighted by Gasteiger charge is -2.19. The molecule has 0 spiro atoms. The average Bonchev–Trinajstić information content (AvgIpc) is 2.50. The highest BCUT2D eigenvalue weighted by molar-refractivity contribution is 7.98. The highest BCUT2D eigenvalue weighted by atomic mass is 35.5. The third kappa shape index (κ3) is 6.56. The summed E-state index contributed by atoms with van der Waals surface area (Å²) in [6.07, 6.45) is 5.32. The zero-order chi connectivity index (χ0) is 17.4. The van der Waals surface area contributed by atoms with Gasteiger partial charge in [-0.25, -0.2) is 14.8 Å². The lowest BCUT2D eigenvalue weighted by molar-refractivity contribution is -0.149. The van der Waals surface area contributed by atoms with Crippen molar-refractivity contribution in [2.75, 3.05) is 18.3 Å². The van der Waals surface area contributed by atoms with Crippen molar-refractivity contribution < 1.29 is 14.3 Å². The molecule has 0 aromatic carbocycles. The summed E-state index contributed by atoms with van der Waals surface area (Å²) in [4.78, 5) is 32.6. The Morgan fingerprint density at radius 1 is 1.39 bits per heavy atom. The van der Waals surface area contributed by atoms with Crippen LogP contribution >= 0.6 is 35.1 Å². The van der Waals surface area contributed by atoms with Gasteiger partial charge in [0.25, 0.3) is 5.91 Å². The van der Waals surface area contributed by atoms with Crippen LogP contribution < -0.4 is 5.32 Å². The number of halogens is 1. The van der Waals surface area contributed by atoms with Gasteiger partial charge in [-0.3, -0.25) is 4.79 Å². The molecule has 1 N–H and O–H groups in total. The third-order valence-corrected chi connectivity index (χ3v) is 4.15. The first-order chi connectivity index (χ1) is 10.9. The summed E-state index contributed by atoms with van der Waals surface area (Å²) in [6.45, 7) is 3.52. The average molecular weight is 378 g/mol. The number of carbonyl (C=O) groups is 2. The number of carbonyl (C=O) groups excluding carboxylic acids is 2. The Kier molecular flexibility index (Phi) is 8.72. The quantitative estimate of drug-likeness (QED) is 0.423. The molecular formula is C14H20ClN3O3S2. The van der Waals surface area contributed by atoms with E-state index in [0.717, 1.165) is 0 Å². The normalized spacial score (nSPS) is 12.1. The lowest BCUT2D eigenvalue weighted by atomic mass is 10.2. The standard InChI is InChI=1S/C14H20ClN3O3S2/c1-8(2)21-13(20)10(5-6-22-3)17-12(19)11-9(15)7-16-14(18-11)23-4/h7-8,10H,5-6H2,1-4H3,(H,17,19). The van der Waals surface area contributed by atoms with E-state index in [2.05, 4.69) is 15.3 Å². The van der Waals surface area contributed by atoms with Gasteiger partial charge in [0.05, 0.1) is 17.3 Å². The summed E-state index contributed by atoms with van der Waals surface area (Å²) in [5.74, 6) is -0.261. The van der Waals surface area contributed by atoms with Gasteiger partial charge in [0.1, 0.15) is 6.04 Å². The Morgan fingerprint density at radius 2 is 2.09 bits per heavy atom. The molecule has 0 radical (unpaired) electrons. The summed E-state index contributed by atoms with van der Waals surface area (Å²) in [6, 6.07) is -0.735. The number of rotatable bonds is 8. The van der Waals surface area contributed by atoms with Crippen molar-refractivity contribution in [3.05, 3.63) is 16.9 Å². The summed E-state index contributed by atoms with van der Waals surface area (Å²) < 4.78 is 5.19. The monoisotopic (exact) mass is 377 g/mol. The fourth-order valence-electron chi connectivity index (χ4n) is 1.63. The Balaban J connectivity index is 2.89. The molecule has 1 aromatic rings. The minimum absolute atomic E-state index is 0.0533. The van der Waals surface area contributed by atoms with Crippen LogP contribution in [-0.4, -0.2) is 52.3 Å². The molecule has 1 aromatic heterocycles. The number of aromatic nitrogens is 2. The van der Waals surface area contributed by atoms with Gasteiger partial charge in [-0.05, 0) is 38.5 Å². The lowest BCUT2D eigenvalue weighted by Crippen LogP contribution is -2.43. The molecule has 0 aliphatic heterocycles. The molecule has 1 atom stereocenters. The van der Waals surface area contributed by atoms with E-state index >= 15 is 0 Å². The van der Waals surface area contributed by atoms with Gasteiger partial charge in [-0.1, -0.05) is 23.4 Å². The molecule has 0 saturated heterocycles. The third-order valence-electron chi connectivity index (χ3n) is 2.67. The number of esters is 1. The predicted molar refractivity (Wildman–Crippen MR) is 94.3 cm³/mol. The van der Waals surface area contributed by atoms with Crippen LogP contribution in [0, 0.1) is 0 Å². The van der Waals surface area contributed by atoms with Crippen molar-refractivity contribution in [1.82, 2.24) is 15.3 Å². The van der Waals surface area contributed by atoms with Gasteiger partial charge in [-0.2, -0.15) is 11.8 Å². The van der Waals surface area contributed by atoms with Crippen molar-refractivity contribution in [2.45, 2.75) is 37.6 Å². The van der Waals surface area contributed by atoms with Crippen molar-refractivity contribution >= 4 is 47.0 Å². The summed E-state index contributed by atoms with van der Waals surface area (Å²) in [5.41, 5.74) is 0.0533. The number of hydrogen-bond acceptors (Lipinski definition) is 7. The fraction of sp³-hybridized carbons (Fsp3) is 0.571. The van der Waals surface area contributed by atoms with Crippen molar-refractivity contribution in [2.24, 2.45) is 0 Å². The van der Waals surface area contributed by atoms with E-state index < -0.39 is 17.9 Å². The first kappa shape index (κ1) is 20.1. The van der Waals surface area contributed by atoms with Crippen LogP contribution in [0.5, 0.6) is 0 Å². The minimum Gasteiger partial charge on any atom is -0.461 e. The summed E-state index contributed by atoms with van der Waals surface area (Å²) in [7, 11) is 0. The first-order valence-electron chi connectivity index (χ1n) is 6.95. The molecule has 1 unspecified atom stereocenters. The zero-order valence-corrected chi connectivity index (χ0v) is 15.8. The van der Waals surface area contributed by atoms with E-state index in [0.29, 0.717) is 17.3 Å². The predicted octanol–water partition coefficient (Wildman–Crippen LogP) is 2.66. The smallest absolute Gasteiger partial charge is 0.328 e. The van der Waals surface area contributed by atoms with E-state index in [1.54, 1.807) is 31.9 Å². The SMILES string of the molecule is CSCCC(NC(=O)c1nc(SC)ncc1Cl)C(=O)OC(C)C. The molecule has 0 saturated carbocycles. The molecule has 6 nitrogen and oxygen atoms in total. The van der Waals surface area contributed by atoms with Gasteiger partial charge in [0.2, 0.25) is 0 Å². The Morgan fingerprint density at radius 3 is 2.65 bits per heavy atom. The van der Waals surface area contributed by atoms with Gasteiger partial charge < -0.3 is 10.1 Å². The number of thioether (sulfide) groups is 2. The highest BCUT2D eigenvalue weighted by Crippen LogP contribution is 2.17. The number of amides is 1. The van der Waals surface area contributed by atoms with Crippen molar-refractivity contribution in [3.8, 4) is 0 Å². The largest absolute Gasteiger partial charge is 0.461 e. The number of nitrogens with one attached hydrogen (secondary N) is 1. The highest BCUT2D eigenvalue weighted by Gasteiger charge is 2.25. The van der Waals surface area contributed by atoms with Crippen LogP contribution in [0.15, 0.2) is 11.4 Å². The van der Waals surface area contributed by atoms with Crippen molar-refractivity contribution in [3.63, 3.8) is 0 Å². The van der Waals surface area contributed by atoms with E-state index in [9.17, 15) is 9.59 Å². The Hall–Kier alpha value is -0.990. The Bertz CT molecular complexity index is 558. The molecule has 0 aliphatic rings. The second-order valence-electron chi connectivity index (χ2n) is 4.85. The zero-order valence-electron chi connectivity index (χ0n) is 13.5. The minimum atomic E-state index is -0.735. The molecule has 1 heterocycles. The molecule has 23 heavy (non-hydrogen) atoms. The van der Waals surface area contributed by atoms with E-state index in [4.69, 9.17) is 16.3 Å². The van der Waals surface area contributed by atoms with E-state index in [-0.39, 0.29) is 16.8 Å². The second kappa shape index (κ2) is 10.00. The van der Waals surface area contributed by atoms with Crippen LogP contribution in [0.1, 0.15) is 30.8 Å². The van der Waals surface area contributed by atoms with Gasteiger partial charge >= 0.3 is 5.97 Å². The van der Waals surface area contributed by atoms with Gasteiger partial charge in [0.15, 0.2) is 10.9 Å². The molecule has 0 fully saturated rings.